The smallest absolute Gasteiger partial charge is 0.227 e. The minimum Gasteiger partial charge on any atom is -0.497 e. The Morgan fingerprint density at radius 2 is 2.00 bits per heavy atom. The number of nitrogens with zero attached hydrogens (tertiary/aromatic N) is 2. The summed E-state index contributed by atoms with van der Waals surface area (Å²) in [7, 11) is 1.66. The molecule has 5 nitrogen and oxygen atoms in total. The fraction of sp³-hybridized carbons (Fsp3) is 0.667. The SMILES string of the molecule is COc1cccc(CC(=O)N(CCN2CCCCC2)C2CCOCC2)c1. The molecule has 5 heteroatoms. The van der Waals surface area contributed by atoms with Gasteiger partial charge in [-0.05, 0) is 56.5 Å². The number of piperidine rings is 1. The Kier molecular flexibility index (Phi) is 7.32. The average molecular weight is 360 g/mol. The monoisotopic (exact) mass is 360 g/mol. The van der Waals surface area contributed by atoms with Gasteiger partial charge in [0, 0.05) is 32.3 Å². The molecule has 2 heterocycles. The second kappa shape index (κ2) is 9.93. The minimum absolute atomic E-state index is 0.224. The highest BCUT2D eigenvalue weighted by Gasteiger charge is 2.26. The Morgan fingerprint density at radius 1 is 1.23 bits per heavy atom. The van der Waals surface area contributed by atoms with Crippen LogP contribution >= 0.6 is 0 Å². The third-order valence-electron chi connectivity index (χ3n) is 5.55. The third kappa shape index (κ3) is 5.45. The van der Waals surface area contributed by atoms with Gasteiger partial charge in [0.1, 0.15) is 5.75 Å². The number of ether oxygens (including phenoxy) is 2. The summed E-state index contributed by atoms with van der Waals surface area (Å²) in [6.45, 7) is 5.68. The lowest BCUT2D eigenvalue weighted by Crippen LogP contribution is -2.48. The zero-order valence-corrected chi connectivity index (χ0v) is 16.0. The van der Waals surface area contributed by atoms with Crippen molar-refractivity contribution in [1.82, 2.24) is 9.80 Å². The minimum atomic E-state index is 0.224. The van der Waals surface area contributed by atoms with E-state index in [1.165, 1.54) is 32.4 Å². The maximum Gasteiger partial charge on any atom is 0.227 e. The number of rotatable bonds is 7. The van der Waals surface area contributed by atoms with Gasteiger partial charge in [-0.2, -0.15) is 0 Å². The van der Waals surface area contributed by atoms with Crippen LogP contribution in [0.15, 0.2) is 24.3 Å². The summed E-state index contributed by atoms with van der Waals surface area (Å²) in [5.41, 5.74) is 1.02. The highest BCUT2D eigenvalue weighted by atomic mass is 16.5. The van der Waals surface area contributed by atoms with E-state index in [0.717, 1.165) is 50.5 Å². The maximum absolute atomic E-state index is 13.1. The molecule has 2 saturated heterocycles. The molecule has 1 aromatic rings. The lowest BCUT2D eigenvalue weighted by molar-refractivity contribution is -0.135. The molecule has 0 radical (unpaired) electrons. The lowest BCUT2D eigenvalue weighted by Gasteiger charge is -2.36. The van der Waals surface area contributed by atoms with E-state index in [-0.39, 0.29) is 5.91 Å². The Labute approximate surface area is 157 Å². The van der Waals surface area contributed by atoms with Gasteiger partial charge >= 0.3 is 0 Å². The maximum atomic E-state index is 13.1. The predicted octanol–water partition coefficient (Wildman–Crippen LogP) is 2.73. The van der Waals surface area contributed by atoms with Crippen molar-refractivity contribution >= 4 is 5.91 Å². The van der Waals surface area contributed by atoms with Gasteiger partial charge in [0.15, 0.2) is 0 Å². The summed E-state index contributed by atoms with van der Waals surface area (Å²) in [4.78, 5) is 17.7. The van der Waals surface area contributed by atoms with E-state index in [1.807, 2.05) is 24.3 Å². The highest BCUT2D eigenvalue weighted by Crippen LogP contribution is 2.19. The van der Waals surface area contributed by atoms with E-state index in [2.05, 4.69) is 9.80 Å². The molecule has 2 aliphatic rings. The van der Waals surface area contributed by atoms with E-state index >= 15 is 0 Å². The van der Waals surface area contributed by atoms with Crippen LogP contribution in [0.25, 0.3) is 0 Å². The van der Waals surface area contributed by atoms with Gasteiger partial charge in [-0.3, -0.25) is 4.79 Å². The van der Waals surface area contributed by atoms with Gasteiger partial charge in [-0.25, -0.2) is 0 Å². The van der Waals surface area contributed by atoms with E-state index in [4.69, 9.17) is 9.47 Å². The Balaban J connectivity index is 1.63. The van der Waals surface area contributed by atoms with Crippen LogP contribution in [0.3, 0.4) is 0 Å². The van der Waals surface area contributed by atoms with Crippen LogP contribution in [-0.4, -0.2) is 68.3 Å². The Hall–Kier alpha value is -1.59. The number of amides is 1. The van der Waals surface area contributed by atoms with Gasteiger partial charge in [0.25, 0.3) is 0 Å². The first kappa shape index (κ1) is 19.2. The topological polar surface area (TPSA) is 42.0 Å². The Bertz CT molecular complexity index is 566. The summed E-state index contributed by atoms with van der Waals surface area (Å²) in [6.07, 6.45) is 6.25. The molecule has 0 saturated carbocycles. The van der Waals surface area contributed by atoms with Crippen LogP contribution in [0.5, 0.6) is 5.75 Å². The molecular weight excluding hydrogens is 328 g/mol. The van der Waals surface area contributed by atoms with E-state index < -0.39 is 0 Å². The second-order valence-corrected chi connectivity index (χ2v) is 7.36. The summed E-state index contributed by atoms with van der Waals surface area (Å²) in [5.74, 6) is 1.03. The molecule has 144 valence electrons. The first-order chi connectivity index (χ1) is 12.8. The van der Waals surface area contributed by atoms with Gasteiger partial charge in [-0.15, -0.1) is 0 Å². The lowest BCUT2D eigenvalue weighted by atomic mass is 10.0. The van der Waals surface area contributed by atoms with E-state index in [9.17, 15) is 4.79 Å². The van der Waals surface area contributed by atoms with Crippen LogP contribution < -0.4 is 4.74 Å². The van der Waals surface area contributed by atoms with Gasteiger partial charge in [-0.1, -0.05) is 18.6 Å². The normalized spacial score (nSPS) is 19.3. The van der Waals surface area contributed by atoms with Crippen molar-refractivity contribution in [2.24, 2.45) is 0 Å². The zero-order chi connectivity index (χ0) is 18.2. The number of likely N-dealkylation sites (tertiary alicyclic amines) is 1. The molecule has 0 bridgehead atoms. The van der Waals surface area contributed by atoms with Crippen molar-refractivity contribution in [3.05, 3.63) is 29.8 Å². The van der Waals surface area contributed by atoms with Gasteiger partial charge in [0.2, 0.25) is 5.91 Å². The van der Waals surface area contributed by atoms with Gasteiger partial charge < -0.3 is 19.3 Å². The van der Waals surface area contributed by atoms with Crippen LogP contribution in [0.1, 0.15) is 37.7 Å². The average Bonchev–Trinajstić information content (AvgIpc) is 2.70. The number of carbonyl (C=O) groups excluding carboxylic acids is 1. The zero-order valence-electron chi connectivity index (χ0n) is 16.0. The molecule has 0 unspecified atom stereocenters. The molecular formula is C21H32N2O3. The number of methoxy groups -OCH3 is 1. The quantitative estimate of drug-likeness (QED) is 0.750. The molecule has 2 aliphatic heterocycles. The molecule has 0 aromatic heterocycles. The molecule has 0 atom stereocenters. The summed E-state index contributed by atoms with van der Waals surface area (Å²) >= 11 is 0. The van der Waals surface area contributed by atoms with Crippen LogP contribution in [0.2, 0.25) is 0 Å². The third-order valence-corrected chi connectivity index (χ3v) is 5.55. The van der Waals surface area contributed by atoms with E-state index in [1.54, 1.807) is 7.11 Å². The first-order valence-corrected chi connectivity index (χ1v) is 9.99. The van der Waals surface area contributed by atoms with Crippen LogP contribution in [0.4, 0.5) is 0 Å². The molecule has 2 fully saturated rings. The van der Waals surface area contributed by atoms with Crippen LogP contribution in [-0.2, 0) is 16.0 Å². The van der Waals surface area contributed by atoms with Crippen molar-refractivity contribution < 1.29 is 14.3 Å². The molecule has 0 N–H and O–H groups in total. The molecule has 0 spiro atoms. The number of hydrogen-bond acceptors (Lipinski definition) is 4. The number of hydrogen-bond donors (Lipinski definition) is 0. The summed E-state index contributed by atoms with van der Waals surface area (Å²) in [6, 6.07) is 8.15. The van der Waals surface area contributed by atoms with Crippen molar-refractivity contribution in [3.8, 4) is 5.75 Å². The fourth-order valence-electron chi connectivity index (χ4n) is 4.00. The standard InChI is InChI=1S/C21H32N2O3/c1-25-20-7-5-6-18(16-20)17-21(24)23(19-8-14-26-15-9-19)13-12-22-10-3-2-4-11-22/h5-7,16,19H,2-4,8-15,17H2,1H3. The Morgan fingerprint density at radius 3 is 2.73 bits per heavy atom. The van der Waals surface area contributed by atoms with Crippen molar-refractivity contribution in [1.29, 1.82) is 0 Å². The molecule has 3 rings (SSSR count). The van der Waals surface area contributed by atoms with Gasteiger partial charge in [0.05, 0.1) is 13.5 Å². The first-order valence-electron chi connectivity index (χ1n) is 9.99. The van der Waals surface area contributed by atoms with Crippen molar-refractivity contribution in [2.75, 3.05) is 46.5 Å². The van der Waals surface area contributed by atoms with Crippen molar-refractivity contribution in [2.45, 2.75) is 44.6 Å². The molecule has 1 amide bonds. The second-order valence-electron chi connectivity index (χ2n) is 7.36. The predicted molar refractivity (Wildman–Crippen MR) is 103 cm³/mol. The van der Waals surface area contributed by atoms with E-state index in [0.29, 0.717) is 12.5 Å². The molecule has 1 aromatic carbocycles. The fourth-order valence-corrected chi connectivity index (χ4v) is 4.00. The molecule has 0 aliphatic carbocycles. The number of carbonyl (C=O) groups is 1. The highest BCUT2D eigenvalue weighted by molar-refractivity contribution is 5.79. The van der Waals surface area contributed by atoms with Crippen molar-refractivity contribution in [3.63, 3.8) is 0 Å². The largest absolute Gasteiger partial charge is 0.497 e. The summed E-state index contributed by atoms with van der Waals surface area (Å²) < 4.78 is 10.8. The number of benzene rings is 1. The summed E-state index contributed by atoms with van der Waals surface area (Å²) in [5, 5.41) is 0. The molecule has 26 heavy (non-hydrogen) atoms. The van der Waals surface area contributed by atoms with Crippen LogP contribution in [0, 0.1) is 0 Å².